The fourth-order valence-electron chi connectivity index (χ4n) is 4.94. The lowest BCUT2D eigenvalue weighted by molar-refractivity contribution is 0.286. The summed E-state index contributed by atoms with van der Waals surface area (Å²) < 4.78 is 9.10. The van der Waals surface area contributed by atoms with Gasteiger partial charge >= 0.3 is 0 Å². The number of benzene rings is 3. The summed E-state index contributed by atoms with van der Waals surface area (Å²) in [7, 11) is -2.60. The number of halogens is 1. The van der Waals surface area contributed by atoms with Gasteiger partial charge in [0.2, 0.25) is 0 Å². The van der Waals surface area contributed by atoms with Gasteiger partial charge < -0.3 is 8.99 Å². The van der Waals surface area contributed by atoms with Gasteiger partial charge in [-0.25, -0.2) is 15.0 Å². The van der Waals surface area contributed by atoms with Crippen LogP contribution in [0.1, 0.15) is 31.9 Å². The maximum absolute atomic E-state index is 7.11. The highest BCUT2D eigenvalue weighted by Gasteiger charge is 2.50. The van der Waals surface area contributed by atoms with Gasteiger partial charge in [-0.2, -0.15) is 0 Å². The summed E-state index contributed by atoms with van der Waals surface area (Å²) in [6.45, 7) is 8.06. The van der Waals surface area contributed by atoms with E-state index in [1.165, 1.54) is 16.7 Å². The monoisotopic (exact) mass is 512 g/mol. The first-order valence-electron chi connectivity index (χ1n) is 12.0. The van der Waals surface area contributed by atoms with Crippen molar-refractivity contribution in [2.24, 2.45) is 0 Å². The van der Waals surface area contributed by atoms with Crippen LogP contribution in [0.5, 0.6) is 0 Å². The lowest BCUT2D eigenvalue weighted by atomic mass is 10.1. The van der Waals surface area contributed by atoms with Crippen molar-refractivity contribution in [1.29, 1.82) is 0 Å². The molecule has 182 valence electrons. The standard InChI is InChI=1S/C29H29ClN4OSi/c1-29(2,3)36(24-13-6-4-7-14-24,25-15-8-5-9-16-25)35-19-23-12-10-11-22(17-23)18-34-21-33-26-27(30)31-20-32-28(26)34/h4-17,20-21H,18-19H2,1-3H3. The topological polar surface area (TPSA) is 52.8 Å². The van der Waals surface area contributed by atoms with Crippen LogP contribution >= 0.6 is 11.6 Å². The van der Waals surface area contributed by atoms with Crippen LogP contribution in [0.3, 0.4) is 0 Å². The molecule has 0 aliphatic heterocycles. The number of aromatic nitrogens is 4. The zero-order chi connectivity index (χ0) is 25.2. The number of fused-ring (bicyclic) bond motifs is 1. The first kappa shape index (κ1) is 24.4. The van der Waals surface area contributed by atoms with Crippen LogP contribution in [0.15, 0.2) is 97.6 Å². The molecule has 7 heteroatoms. The fourth-order valence-corrected chi connectivity index (χ4v) is 9.65. The van der Waals surface area contributed by atoms with Gasteiger partial charge in [0.1, 0.15) is 11.8 Å². The lowest BCUT2D eigenvalue weighted by Gasteiger charge is -2.43. The summed E-state index contributed by atoms with van der Waals surface area (Å²) in [4.78, 5) is 12.8. The van der Waals surface area contributed by atoms with Crippen LogP contribution in [0.4, 0.5) is 0 Å². The Hall–Kier alpha value is -3.32. The maximum atomic E-state index is 7.11. The van der Waals surface area contributed by atoms with Crippen LogP contribution in [-0.2, 0) is 17.6 Å². The van der Waals surface area contributed by atoms with Gasteiger partial charge in [-0.3, -0.25) is 0 Å². The van der Waals surface area contributed by atoms with E-state index in [2.05, 4.69) is 121 Å². The second-order valence-corrected chi connectivity index (χ2v) is 14.6. The minimum Gasteiger partial charge on any atom is -0.403 e. The molecule has 5 nitrogen and oxygen atoms in total. The molecule has 0 aliphatic carbocycles. The van der Waals surface area contributed by atoms with Gasteiger partial charge in [0.05, 0.1) is 19.5 Å². The van der Waals surface area contributed by atoms with Crippen molar-refractivity contribution >= 4 is 41.5 Å². The predicted octanol–water partition coefficient (Wildman–Crippen LogP) is 5.60. The number of hydrogen-bond acceptors (Lipinski definition) is 4. The number of nitrogens with zero attached hydrogens (tertiary/aromatic N) is 4. The molecule has 0 spiro atoms. The first-order chi connectivity index (χ1) is 17.4. The summed E-state index contributed by atoms with van der Waals surface area (Å²) in [5.41, 5.74) is 3.62. The Morgan fingerprint density at radius 1 is 0.806 bits per heavy atom. The minimum absolute atomic E-state index is 0.0674. The molecule has 0 aliphatic rings. The smallest absolute Gasteiger partial charge is 0.261 e. The van der Waals surface area contributed by atoms with E-state index in [4.69, 9.17) is 16.0 Å². The molecular formula is C29H29ClN4OSi. The van der Waals surface area contributed by atoms with E-state index < -0.39 is 8.32 Å². The molecule has 0 atom stereocenters. The number of imidazole rings is 1. The quantitative estimate of drug-likeness (QED) is 0.210. The molecule has 5 rings (SSSR count). The number of hydrogen-bond donors (Lipinski definition) is 0. The molecule has 36 heavy (non-hydrogen) atoms. The molecule has 0 saturated heterocycles. The van der Waals surface area contributed by atoms with E-state index in [1.54, 1.807) is 6.33 Å². The Morgan fingerprint density at radius 3 is 2.08 bits per heavy atom. The van der Waals surface area contributed by atoms with Crippen LogP contribution in [-0.4, -0.2) is 27.8 Å². The van der Waals surface area contributed by atoms with Gasteiger partial charge in [0.25, 0.3) is 8.32 Å². The molecule has 5 aromatic rings. The third kappa shape index (κ3) is 4.60. The molecule has 0 unspecified atom stereocenters. The van der Waals surface area contributed by atoms with E-state index in [1.807, 2.05) is 4.57 Å². The van der Waals surface area contributed by atoms with Gasteiger partial charge in [0.15, 0.2) is 10.8 Å². The summed E-state index contributed by atoms with van der Waals surface area (Å²) >= 11 is 6.18. The van der Waals surface area contributed by atoms with Crippen LogP contribution in [0.25, 0.3) is 11.2 Å². The highest BCUT2D eigenvalue weighted by molar-refractivity contribution is 6.99. The predicted molar refractivity (Wildman–Crippen MR) is 148 cm³/mol. The van der Waals surface area contributed by atoms with Gasteiger partial charge in [-0.1, -0.05) is 117 Å². The maximum Gasteiger partial charge on any atom is 0.261 e. The Balaban J connectivity index is 1.47. The molecule has 0 bridgehead atoms. The Labute approximate surface area is 217 Å². The Bertz CT molecular complexity index is 1430. The van der Waals surface area contributed by atoms with E-state index in [0.717, 1.165) is 16.8 Å². The molecule has 0 amide bonds. The zero-order valence-electron chi connectivity index (χ0n) is 20.7. The molecule has 0 fully saturated rings. The van der Waals surface area contributed by atoms with Gasteiger partial charge in [-0.15, -0.1) is 0 Å². The van der Waals surface area contributed by atoms with Gasteiger partial charge in [-0.05, 0) is 26.5 Å². The lowest BCUT2D eigenvalue weighted by Crippen LogP contribution is -2.66. The van der Waals surface area contributed by atoms with E-state index >= 15 is 0 Å². The average Bonchev–Trinajstić information content (AvgIpc) is 3.29. The highest BCUT2D eigenvalue weighted by atomic mass is 35.5. The van der Waals surface area contributed by atoms with Crippen molar-refractivity contribution in [2.45, 2.75) is 39.0 Å². The SMILES string of the molecule is CC(C)(C)[Si](OCc1cccc(Cn2cnc3c(Cl)ncnc32)c1)(c1ccccc1)c1ccccc1. The summed E-state index contributed by atoms with van der Waals surface area (Å²) in [6.07, 6.45) is 3.23. The highest BCUT2D eigenvalue weighted by Crippen LogP contribution is 2.37. The average molecular weight is 513 g/mol. The summed E-state index contributed by atoms with van der Waals surface area (Å²) in [6, 6.07) is 30.0. The Kier molecular flexibility index (Phi) is 6.75. The largest absolute Gasteiger partial charge is 0.403 e. The zero-order valence-corrected chi connectivity index (χ0v) is 22.5. The summed E-state index contributed by atoms with van der Waals surface area (Å²) in [5.74, 6) is 0. The van der Waals surface area contributed by atoms with Crippen molar-refractivity contribution in [3.63, 3.8) is 0 Å². The van der Waals surface area contributed by atoms with E-state index in [-0.39, 0.29) is 5.04 Å². The molecule has 3 aromatic carbocycles. The molecule has 2 aromatic heterocycles. The second-order valence-electron chi connectivity index (χ2n) is 9.98. The van der Waals surface area contributed by atoms with Crippen molar-refractivity contribution in [1.82, 2.24) is 19.5 Å². The second kappa shape index (κ2) is 9.97. The van der Waals surface area contributed by atoms with Crippen LogP contribution < -0.4 is 10.4 Å². The van der Waals surface area contributed by atoms with Crippen LogP contribution in [0, 0.1) is 0 Å². The van der Waals surface area contributed by atoms with Crippen molar-refractivity contribution < 1.29 is 4.43 Å². The first-order valence-corrected chi connectivity index (χ1v) is 14.3. The van der Waals surface area contributed by atoms with Crippen LogP contribution in [0.2, 0.25) is 10.2 Å². The molecule has 0 radical (unpaired) electrons. The normalized spacial score (nSPS) is 12.2. The van der Waals surface area contributed by atoms with Crippen molar-refractivity contribution in [2.75, 3.05) is 0 Å². The van der Waals surface area contributed by atoms with Gasteiger partial charge in [0, 0.05) is 0 Å². The fraction of sp³-hybridized carbons (Fsp3) is 0.207. The van der Waals surface area contributed by atoms with Crippen molar-refractivity contribution in [3.05, 3.63) is 114 Å². The van der Waals surface area contributed by atoms with Crippen molar-refractivity contribution in [3.8, 4) is 0 Å². The minimum atomic E-state index is -2.60. The summed E-state index contributed by atoms with van der Waals surface area (Å²) in [5, 5.41) is 2.86. The third-order valence-electron chi connectivity index (χ3n) is 6.57. The molecule has 0 saturated carbocycles. The number of rotatable bonds is 7. The third-order valence-corrected chi connectivity index (χ3v) is 11.8. The molecular weight excluding hydrogens is 484 g/mol. The Morgan fingerprint density at radius 2 is 1.44 bits per heavy atom. The molecule has 0 N–H and O–H groups in total. The molecule has 2 heterocycles. The van der Waals surface area contributed by atoms with E-state index in [0.29, 0.717) is 23.8 Å². The van der Waals surface area contributed by atoms with E-state index in [9.17, 15) is 0 Å².